The third-order valence-corrected chi connectivity index (χ3v) is 4.07. The van der Waals surface area contributed by atoms with Gasteiger partial charge in [0.1, 0.15) is 11.8 Å². The molecule has 0 saturated carbocycles. The molecule has 1 aliphatic heterocycles. The van der Waals surface area contributed by atoms with Crippen molar-refractivity contribution in [3.63, 3.8) is 0 Å². The van der Waals surface area contributed by atoms with Gasteiger partial charge in [-0.2, -0.15) is 13.2 Å². The van der Waals surface area contributed by atoms with E-state index in [2.05, 4.69) is 5.32 Å². The standard InChI is InChI=1S/C17H21ClF4N2O2/c1-16(2,3)26-15(25)23-14(9-24-7-11(19)8-24)10-4-5-13(18)12(6-10)17(20,21)22/h4-6,11,14H,7-9H2,1-3H3,(H,23,25)/t14-/m1/s1. The Morgan fingerprint density at radius 2 is 1.96 bits per heavy atom. The molecule has 1 fully saturated rings. The Morgan fingerprint density at radius 1 is 1.35 bits per heavy atom. The molecule has 0 unspecified atom stereocenters. The van der Waals surface area contributed by atoms with Gasteiger partial charge in [0.2, 0.25) is 0 Å². The summed E-state index contributed by atoms with van der Waals surface area (Å²) in [6.07, 6.45) is -6.35. The number of hydrogen-bond acceptors (Lipinski definition) is 3. The predicted molar refractivity (Wildman–Crippen MR) is 89.9 cm³/mol. The molecule has 1 aliphatic rings. The summed E-state index contributed by atoms with van der Waals surface area (Å²) < 4.78 is 57.6. The summed E-state index contributed by atoms with van der Waals surface area (Å²) in [5.74, 6) is 0. The smallest absolute Gasteiger partial charge is 0.417 e. The van der Waals surface area contributed by atoms with E-state index in [9.17, 15) is 22.4 Å². The lowest BCUT2D eigenvalue weighted by atomic mass is 10.0. The zero-order chi connectivity index (χ0) is 19.7. The highest BCUT2D eigenvalue weighted by Gasteiger charge is 2.35. The van der Waals surface area contributed by atoms with Gasteiger partial charge in [0, 0.05) is 19.6 Å². The van der Waals surface area contributed by atoms with Crippen LogP contribution in [0.1, 0.15) is 37.9 Å². The number of amides is 1. The molecule has 1 N–H and O–H groups in total. The summed E-state index contributed by atoms with van der Waals surface area (Å²) in [4.78, 5) is 13.8. The normalized spacial score (nSPS) is 17.5. The van der Waals surface area contributed by atoms with Crippen LogP contribution in [0.2, 0.25) is 5.02 Å². The number of alkyl halides is 4. The highest BCUT2D eigenvalue weighted by atomic mass is 35.5. The molecule has 1 heterocycles. The van der Waals surface area contributed by atoms with Crippen LogP contribution in [0.25, 0.3) is 0 Å². The van der Waals surface area contributed by atoms with Crippen LogP contribution in [0.4, 0.5) is 22.4 Å². The van der Waals surface area contributed by atoms with Crippen molar-refractivity contribution in [3.05, 3.63) is 34.3 Å². The average Bonchev–Trinajstić information content (AvgIpc) is 2.42. The van der Waals surface area contributed by atoms with Gasteiger partial charge in [-0.1, -0.05) is 17.7 Å². The van der Waals surface area contributed by atoms with Crippen LogP contribution in [0, 0.1) is 0 Å². The first-order valence-corrected chi connectivity index (χ1v) is 8.45. The molecule has 0 bridgehead atoms. The second kappa shape index (κ2) is 7.60. The molecule has 0 spiro atoms. The summed E-state index contributed by atoms with van der Waals surface area (Å²) in [7, 11) is 0. The number of carbonyl (C=O) groups is 1. The van der Waals surface area contributed by atoms with E-state index >= 15 is 0 Å². The highest BCUT2D eigenvalue weighted by Crippen LogP contribution is 2.36. The number of alkyl carbamates (subject to hydrolysis) is 1. The van der Waals surface area contributed by atoms with Crippen molar-refractivity contribution in [2.75, 3.05) is 19.6 Å². The van der Waals surface area contributed by atoms with Crippen molar-refractivity contribution in [1.82, 2.24) is 10.2 Å². The Hall–Kier alpha value is -1.54. The van der Waals surface area contributed by atoms with E-state index in [0.29, 0.717) is 0 Å². The first-order valence-electron chi connectivity index (χ1n) is 8.08. The van der Waals surface area contributed by atoms with E-state index in [1.54, 1.807) is 25.7 Å². The summed E-state index contributed by atoms with van der Waals surface area (Å²) in [5.41, 5.74) is -1.53. The van der Waals surface area contributed by atoms with Gasteiger partial charge in [-0.05, 0) is 38.5 Å². The third-order valence-electron chi connectivity index (χ3n) is 3.74. The molecule has 0 aromatic heterocycles. The van der Waals surface area contributed by atoms with Crippen LogP contribution >= 0.6 is 11.6 Å². The first-order chi connectivity index (χ1) is 11.8. The molecule has 1 aromatic rings. The quantitative estimate of drug-likeness (QED) is 0.757. The lowest BCUT2D eigenvalue weighted by Crippen LogP contribution is -2.52. The van der Waals surface area contributed by atoms with Crippen LogP contribution in [-0.4, -0.2) is 42.4 Å². The molecular formula is C17H21ClF4N2O2. The zero-order valence-electron chi connectivity index (χ0n) is 14.7. The summed E-state index contributed by atoms with van der Waals surface area (Å²) in [6.45, 7) is 5.54. The molecule has 0 radical (unpaired) electrons. The maximum atomic E-state index is 13.1. The number of likely N-dealkylation sites (tertiary alicyclic amines) is 1. The summed E-state index contributed by atoms with van der Waals surface area (Å²) in [5, 5.41) is 2.14. The lowest BCUT2D eigenvalue weighted by Gasteiger charge is -2.37. The molecule has 1 atom stereocenters. The molecule has 0 aliphatic carbocycles. The molecule has 4 nitrogen and oxygen atoms in total. The van der Waals surface area contributed by atoms with E-state index < -0.39 is 40.7 Å². The molecule has 1 amide bonds. The van der Waals surface area contributed by atoms with Crippen molar-refractivity contribution >= 4 is 17.7 Å². The lowest BCUT2D eigenvalue weighted by molar-refractivity contribution is -0.137. The van der Waals surface area contributed by atoms with Gasteiger partial charge in [-0.25, -0.2) is 9.18 Å². The van der Waals surface area contributed by atoms with Gasteiger partial charge < -0.3 is 10.1 Å². The Kier molecular flexibility index (Phi) is 6.07. The van der Waals surface area contributed by atoms with Crippen LogP contribution < -0.4 is 5.32 Å². The maximum Gasteiger partial charge on any atom is 0.417 e. The molecule has 2 rings (SSSR count). The Labute approximate surface area is 154 Å². The van der Waals surface area contributed by atoms with Gasteiger partial charge in [-0.15, -0.1) is 0 Å². The largest absolute Gasteiger partial charge is 0.444 e. The minimum absolute atomic E-state index is 0.165. The summed E-state index contributed by atoms with van der Waals surface area (Å²) >= 11 is 5.65. The minimum Gasteiger partial charge on any atom is -0.444 e. The third kappa shape index (κ3) is 5.74. The number of halogens is 5. The Balaban J connectivity index is 2.24. The second-order valence-corrected chi connectivity index (χ2v) is 7.66. The SMILES string of the molecule is CC(C)(C)OC(=O)N[C@H](CN1CC(F)C1)c1ccc(Cl)c(C(F)(F)F)c1. The minimum atomic E-state index is -4.62. The Bertz CT molecular complexity index is 655. The van der Waals surface area contributed by atoms with Crippen molar-refractivity contribution < 1.29 is 27.1 Å². The van der Waals surface area contributed by atoms with E-state index in [1.165, 1.54) is 6.07 Å². The Morgan fingerprint density at radius 3 is 2.46 bits per heavy atom. The highest BCUT2D eigenvalue weighted by molar-refractivity contribution is 6.31. The topological polar surface area (TPSA) is 41.6 Å². The number of carbonyl (C=O) groups excluding carboxylic acids is 1. The molecule has 1 saturated heterocycles. The fraction of sp³-hybridized carbons (Fsp3) is 0.588. The fourth-order valence-corrected chi connectivity index (χ4v) is 2.80. The van der Waals surface area contributed by atoms with E-state index in [0.717, 1.165) is 12.1 Å². The van der Waals surface area contributed by atoms with Crippen molar-refractivity contribution in [2.45, 2.75) is 44.8 Å². The van der Waals surface area contributed by atoms with Crippen LogP contribution in [0.3, 0.4) is 0 Å². The van der Waals surface area contributed by atoms with Gasteiger partial charge >= 0.3 is 12.3 Å². The molecular weight excluding hydrogens is 376 g/mol. The average molecular weight is 397 g/mol. The predicted octanol–water partition coefficient (Wildman–Crippen LogP) is 4.58. The molecule has 26 heavy (non-hydrogen) atoms. The number of ether oxygens (including phenoxy) is 1. The molecule has 9 heteroatoms. The zero-order valence-corrected chi connectivity index (χ0v) is 15.4. The van der Waals surface area contributed by atoms with Crippen molar-refractivity contribution in [3.8, 4) is 0 Å². The number of nitrogens with one attached hydrogen (secondary N) is 1. The first kappa shape index (κ1) is 20.8. The van der Waals surface area contributed by atoms with Crippen molar-refractivity contribution in [1.29, 1.82) is 0 Å². The second-order valence-electron chi connectivity index (χ2n) is 7.25. The van der Waals surface area contributed by atoms with E-state index in [1.807, 2.05) is 0 Å². The van der Waals surface area contributed by atoms with E-state index in [4.69, 9.17) is 16.3 Å². The monoisotopic (exact) mass is 396 g/mol. The number of nitrogens with zero attached hydrogens (tertiary/aromatic N) is 1. The molecule has 1 aromatic carbocycles. The van der Waals surface area contributed by atoms with Gasteiger partial charge in [0.15, 0.2) is 0 Å². The van der Waals surface area contributed by atoms with Gasteiger partial charge in [-0.3, -0.25) is 4.90 Å². The van der Waals surface area contributed by atoms with Crippen LogP contribution in [0.5, 0.6) is 0 Å². The van der Waals surface area contributed by atoms with Crippen LogP contribution in [-0.2, 0) is 10.9 Å². The number of rotatable bonds is 4. The number of benzene rings is 1. The fourth-order valence-electron chi connectivity index (χ4n) is 2.58. The summed E-state index contributed by atoms with van der Waals surface area (Å²) in [6, 6.07) is 2.65. The molecule has 146 valence electrons. The van der Waals surface area contributed by atoms with Crippen molar-refractivity contribution in [2.24, 2.45) is 0 Å². The van der Waals surface area contributed by atoms with E-state index in [-0.39, 0.29) is 25.2 Å². The maximum absolute atomic E-state index is 13.1. The van der Waals surface area contributed by atoms with Gasteiger partial charge in [0.25, 0.3) is 0 Å². The number of hydrogen-bond donors (Lipinski definition) is 1. The van der Waals surface area contributed by atoms with Gasteiger partial charge in [0.05, 0.1) is 16.6 Å². The van der Waals surface area contributed by atoms with Crippen LogP contribution in [0.15, 0.2) is 18.2 Å².